The lowest BCUT2D eigenvalue weighted by Crippen LogP contribution is -2.34. The van der Waals surface area contributed by atoms with Gasteiger partial charge in [0.25, 0.3) is 0 Å². The Morgan fingerprint density at radius 3 is 1.21 bits per heavy atom. The van der Waals surface area contributed by atoms with E-state index in [1.807, 2.05) is 18.2 Å². The molecule has 0 saturated heterocycles. The number of carbonyl (C=O) groups excluding carboxylic acids is 1. The van der Waals surface area contributed by atoms with E-state index in [2.05, 4.69) is 80.0 Å². The molecule has 5 rings (SSSR count). The maximum Gasteiger partial charge on any atom is 0.340 e. The van der Waals surface area contributed by atoms with Crippen LogP contribution in [0.2, 0.25) is 0 Å². The van der Waals surface area contributed by atoms with Crippen LogP contribution in [0.25, 0.3) is 0 Å². The van der Waals surface area contributed by atoms with Crippen LogP contribution in [0.4, 0.5) is 11.4 Å². The Labute approximate surface area is 355 Å². The standard InChI is InChI=1S/C52H78N2O3.CH4/c1-5-9-13-17-21-27-37-53(38-28-22-18-14-10-6-2)43-33-35-47-49(41-43)56-50-42-44(34-36-48(50)52(47)46-32-26-25-31-45(46)51(55)57-52)54(39-29-23-19-15-11-7-3)40-30-24-20-16-12-8-4;/h25-26,31-36,41-42H,5-24,27-30,37-40H2,1-4H3;1H4. The van der Waals surface area contributed by atoms with Crippen molar-refractivity contribution in [1.82, 2.24) is 0 Å². The van der Waals surface area contributed by atoms with Crippen LogP contribution in [0.3, 0.4) is 0 Å². The van der Waals surface area contributed by atoms with E-state index in [-0.39, 0.29) is 13.4 Å². The molecule has 2 aliphatic heterocycles. The van der Waals surface area contributed by atoms with Gasteiger partial charge in [0, 0.05) is 66.4 Å². The van der Waals surface area contributed by atoms with Crippen LogP contribution < -0.4 is 14.5 Å². The number of rotatable bonds is 30. The van der Waals surface area contributed by atoms with E-state index in [0.29, 0.717) is 5.56 Å². The summed E-state index contributed by atoms with van der Waals surface area (Å²) in [6.07, 6.45) is 30.9. The molecule has 0 bridgehead atoms. The lowest BCUT2D eigenvalue weighted by Gasteiger charge is -2.38. The highest BCUT2D eigenvalue weighted by Crippen LogP contribution is 2.57. The topological polar surface area (TPSA) is 42.0 Å². The van der Waals surface area contributed by atoms with Crippen molar-refractivity contribution in [2.24, 2.45) is 0 Å². The van der Waals surface area contributed by atoms with Crippen LogP contribution in [0, 0.1) is 0 Å². The van der Waals surface area contributed by atoms with Gasteiger partial charge in [0.15, 0.2) is 5.60 Å². The summed E-state index contributed by atoms with van der Waals surface area (Å²) in [5.41, 5.74) is 4.76. The molecule has 0 atom stereocenters. The number of nitrogens with zero attached hydrogens (tertiary/aromatic N) is 2. The molecule has 0 saturated carbocycles. The quantitative estimate of drug-likeness (QED) is 0.0497. The number of hydrogen-bond acceptors (Lipinski definition) is 5. The lowest BCUT2D eigenvalue weighted by atomic mass is 9.77. The molecule has 2 aliphatic rings. The van der Waals surface area contributed by atoms with Gasteiger partial charge in [0.1, 0.15) is 11.5 Å². The van der Waals surface area contributed by atoms with Gasteiger partial charge < -0.3 is 19.3 Å². The minimum absolute atomic E-state index is 0. The van der Waals surface area contributed by atoms with Crippen LogP contribution in [0.1, 0.15) is 216 Å². The highest BCUT2D eigenvalue weighted by Gasteiger charge is 2.53. The van der Waals surface area contributed by atoms with Crippen LogP contribution in [0.15, 0.2) is 60.7 Å². The third-order valence-corrected chi connectivity index (χ3v) is 12.5. The van der Waals surface area contributed by atoms with E-state index in [4.69, 9.17) is 9.47 Å². The van der Waals surface area contributed by atoms with E-state index in [1.165, 1.54) is 165 Å². The Hall–Kier alpha value is -3.47. The van der Waals surface area contributed by atoms with Gasteiger partial charge in [-0.3, -0.25) is 0 Å². The number of esters is 1. The fourth-order valence-electron chi connectivity index (χ4n) is 9.12. The fourth-order valence-corrected chi connectivity index (χ4v) is 9.12. The summed E-state index contributed by atoms with van der Waals surface area (Å²) in [7, 11) is 0. The molecular weight excluding hydrogens is 713 g/mol. The maximum absolute atomic E-state index is 13.7. The molecule has 3 aromatic rings. The summed E-state index contributed by atoms with van der Waals surface area (Å²) < 4.78 is 13.6. The molecule has 0 aromatic heterocycles. The number of unbranched alkanes of at least 4 members (excludes halogenated alkanes) is 20. The van der Waals surface area contributed by atoms with Crippen LogP contribution in [-0.2, 0) is 10.3 Å². The summed E-state index contributed by atoms with van der Waals surface area (Å²) in [5, 5.41) is 0. The van der Waals surface area contributed by atoms with Crippen LogP contribution >= 0.6 is 0 Å². The molecule has 5 heteroatoms. The molecule has 0 radical (unpaired) electrons. The third-order valence-electron chi connectivity index (χ3n) is 12.5. The van der Waals surface area contributed by atoms with E-state index in [9.17, 15) is 4.79 Å². The van der Waals surface area contributed by atoms with Crippen molar-refractivity contribution in [3.8, 4) is 11.5 Å². The highest BCUT2D eigenvalue weighted by atomic mass is 16.6. The number of carbonyl (C=O) groups is 1. The van der Waals surface area contributed by atoms with Crippen molar-refractivity contribution in [2.75, 3.05) is 36.0 Å². The summed E-state index contributed by atoms with van der Waals surface area (Å²) in [6.45, 7) is 13.4. The molecule has 0 unspecified atom stereocenters. The summed E-state index contributed by atoms with van der Waals surface area (Å²) in [4.78, 5) is 18.9. The van der Waals surface area contributed by atoms with E-state index in [1.54, 1.807) is 0 Å². The van der Waals surface area contributed by atoms with Crippen molar-refractivity contribution in [3.63, 3.8) is 0 Å². The van der Waals surface area contributed by atoms with Gasteiger partial charge >= 0.3 is 5.97 Å². The minimum Gasteiger partial charge on any atom is -0.456 e. The molecule has 2 heterocycles. The first-order valence-electron chi connectivity index (χ1n) is 23.9. The Bertz CT molecular complexity index is 1500. The van der Waals surface area contributed by atoms with Gasteiger partial charge in [-0.15, -0.1) is 0 Å². The molecule has 0 amide bonds. The molecule has 0 N–H and O–H groups in total. The van der Waals surface area contributed by atoms with Crippen molar-refractivity contribution in [2.45, 2.75) is 195 Å². The van der Waals surface area contributed by atoms with Gasteiger partial charge in [-0.25, -0.2) is 4.79 Å². The van der Waals surface area contributed by atoms with E-state index >= 15 is 0 Å². The Morgan fingerprint density at radius 2 is 0.810 bits per heavy atom. The molecule has 0 fully saturated rings. The predicted molar refractivity (Wildman–Crippen MR) is 249 cm³/mol. The summed E-state index contributed by atoms with van der Waals surface area (Å²) in [6, 6.07) is 21.4. The van der Waals surface area contributed by atoms with Crippen molar-refractivity contribution < 1.29 is 14.3 Å². The van der Waals surface area contributed by atoms with Crippen molar-refractivity contribution >= 4 is 17.3 Å². The van der Waals surface area contributed by atoms with E-state index in [0.717, 1.165) is 54.4 Å². The molecule has 58 heavy (non-hydrogen) atoms. The van der Waals surface area contributed by atoms with Crippen molar-refractivity contribution in [3.05, 3.63) is 82.9 Å². The largest absolute Gasteiger partial charge is 0.456 e. The smallest absolute Gasteiger partial charge is 0.340 e. The van der Waals surface area contributed by atoms with Gasteiger partial charge in [-0.05, 0) is 56.0 Å². The van der Waals surface area contributed by atoms with Crippen LogP contribution in [-0.4, -0.2) is 32.1 Å². The second kappa shape index (κ2) is 25.9. The number of hydrogen-bond donors (Lipinski definition) is 0. The maximum atomic E-state index is 13.7. The van der Waals surface area contributed by atoms with Gasteiger partial charge in [-0.1, -0.05) is 182 Å². The van der Waals surface area contributed by atoms with Gasteiger partial charge in [0.05, 0.1) is 5.56 Å². The number of benzene rings is 3. The fraction of sp³-hybridized carbons (Fsp3) is 0.642. The number of ether oxygens (including phenoxy) is 2. The third kappa shape index (κ3) is 12.8. The monoisotopic (exact) mass is 795 g/mol. The zero-order valence-corrected chi connectivity index (χ0v) is 36.7. The molecule has 5 nitrogen and oxygen atoms in total. The van der Waals surface area contributed by atoms with Crippen molar-refractivity contribution in [1.29, 1.82) is 0 Å². The van der Waals surface area contributed by atoms with Gasteiger partial charge in [-0.2, -0.15) is 0 Å². The number of anilines is 2. The average molecular weight is 795 g/mol. The SMILES string of the molecule is C.CCCCCCCCN(CCCCCCCC)c1ccc2c(c1)Oc1cc(N(CCCCCCCC)CCCCCCCC)ccc1C21OC(=O)c2ccccc21. The summed E-state index contributed by atoms with van der Waals surface area (Å²) in [5.74, 6) is 1.34. The number of fused-ring (bicyclic) bond motifs is 6. The highest BCUT2D eigenvalue weighted by molar-refractivity contribution is 5.97. The zero-order valence-electron chi connectivity index (χ0n) is 36.7. The Kier molecular flexibility index (Phi) is 21.1. The van der Waals surface area contributed by atoms with E-state index < -0.39 is 5.60 Å². The first-order chi connectivity index (χ1) is 28.1. The minimum atomic E-state index is -1.04. The molecule has 322 valence electrons. The zero-order chi connectivity index (χ0) is 40.1. The van der Waals surface area contributed by atoms with Crippen LogP contribution in [0.5, 0.6) is 11.5 Å². The molecular formula is C53H82N2O3. The summed E-state index contributed by atoms with van der Waals surface area (Å²) >= 11 is 0. The predicted octanol–water partition coefficient (Wildman–Crippen LogP) is 15.9. The normalized spacial score (nSPS) is 13.3. The molecule has 0 aliphatic carbocycles. The second-order valence-electron chi connectivity index (χ2n) is 17.1. The Morgan fingerprint density at radius 1 is 0.448 bits per heavy atom. The lowest BCUT2D eigenvalue weighted by molar-refractivity contribution is 0.0224. The van der Waals surface area contributed by atoms with Gasteiger partial charge in [0.2, 0.25) is 0 Å². The molecule has 1 spiro atoms. The second-order valence-corrected chi connectivity index (χ2v) is 17.1. The Balaban J connectivity index is 0.00000744. The molecule has 3 aromatic carbocycles. The first-order valence-corrected chi connectivity index (χ1v) is 23.9. The average Bonchev–Trinajstić information content (AvgIpc) is 3.52. The first kappa shape index (κ1) is 47.2.